The summed E-state index contributed by atoms with van der Waals surface area (Å²) in [7, 11) is 0. The summed E-state index contributed by atoms with van der Waals surface area (Å²) in [6.45, 7) is 1.46. The Morgan fingerprint density at radius 3 is 2.25 bits per heavy atom. The van der Waals surface area contributed by atoms with Crippen LogP contribution in [0.15, 0.2) is 42.7 Å². The van der Waals surface area contributed by atoms with Crippen LogP contribution in [0.5, 0.6) is 0 Å². The molecule has 5 nitrogen and oxygen atoms in total. The molecule has 2 aromatic rings. The fourth-order valence-corrected chi connectivity index (χ4v) is 2.16. The Hall–Kier alpha value is -2.82. The van der Waals surface area contributed by atoms with Gasteiger partial charge in [0.1, 0.15) is 0 Å². The van der Waals surface area contributed by atoms with Gasteiger partial charge in [0.15, 0.2) is 5.78 Å². The van der Waals surface area contributed by atoms with Gasteiger partial charge in [0.05, 0.1) is 16.8 Å². The van der Waals surface area contributed by atoms with Gasteiger partial charge >= 0.3 is 0 Å². The van der Waals surface area contributed by atoms with Crippen molar-refractivity contribution >= 4 is 23.3 Å². The molecule has 0 unspecified atom stereocenters. The lowest BCUT2D eigenvalue weighted by molar-refractivity contribution is 0.0925. The van der Waals surface area contributed by atoms with E-state index in [-0.39, 0.29) is 11.7 Å². The summed E-state index contributed by atoms with van der Waals surface area (Å²) < 4.78 is 0. The number of anilines is 1. The maximum absolute atomic E-state index is 12.2. The molecular weight excluding hydrogens is 256 g/mol. The number of carbonyl (C=O) groups is 3. The van der Waals surface area contributed by atoms with Gasteiger partial charge in [-0.1, -0.05) is 0 Å². The molecule has 0 bridgehead atoms. The Balaban J connectivity index is 2.02. The molecule has 3 rings (SSSR count). The molecule has 1 aromatic carbocycles. The molecule has 2 amide bonds. The van der Waals surface area contributed by atoms with Gasteiger partial charge < -0.3 is 0 Å². The molecule has 98 valence electrons. The standard InChI is InChI=1S/C15H10N2O3/c1-9(18)10-2-4-11(5-3-10)17-14(19)12-6-7-16-8-13(12)15(17)20/h2-8H,1H3. The van der Waals surface area contributed by atoms with Gasteiger partial charge in [-0.2, -0.15) is 0 Å². The molecule has 0 radical (unpaired) electrons. The summed E-state index contributed by atoms with van der Waals surface area (Å²) in [6, 6.07) is 7.90. The third kappa shape index (κ3) is 1.72. The van der Waals surface area contributed by atoms with Crippen LogP contribution in [0.25, 0.3) is 0 Å². The van der Waals surface area contributed by atoms with Crippen LogP contribution in [-0.2, 0) is 0 Å². The van der Waals surface area contributed by atoms with Crippen molar-refractivity contribution in [3.8, 4) is 0 Å². The Labute approximate surface area is 114 Å². The Bertz CT molecular complexity index is 700. The van der Waals surface area contributed by atoms with E-state index in [2.05, 4.69) is 4.98 Å². The number of benzene rings is 1. The summed E-state index contributed by atoms with van der Waals surface area (Å²) in [6.07, 6.45) is 2.87. The monoisotopic (exact) mass is 266 g/mol. The van der Waals surface area contributed by atoms with Crippen molar-refractivity contribution in [2.75, 3.05) is 4.90 Å². The molecule has 0 spiro atoms. The van der Waals surface area contributed by atoms with Crippen LogP contribution in [0.4, 0.5) is 5.69 Å². The van der Waals surface area contributed by atoms with E-state index in [1.165, 1.54) is 25.4 Å². The number of hydrogen-bond acceptors (Lipinski definition) is 4. The average Bonchev–Trinajstić information content (AvgIpc) is 2.72. The predicted octanol–water partition coefficient (Wildman–Crippen LogP) is 2.08. The van der Waals surface area contributed by atoms with Gasteiger partial charge in [0, 0.05) is 18.0 Å². The third-order valence-corrected chi connectivity index (χ3v) is 3.22. The van der Waals surface area contributed by atoms with E-state index in [1.807, 2.05) is 0 Å². The highest BCUT2D eigenvalue weighted by molar-refractivity contribution is 6.34. The fourth-order valence-electron chi connectivity index (χ4n) is 2.16. The zero-order valence-corrected chi connectivity index (χ0v) is 10.7. The molecule has 2 heterocycles. The van der Waals surface area contributed by atoms with E-state index in [9.17, 15) is 14.4 Å². The number of nitrogens with zero attached hydrogens (tertiary/aromatic N) is 2. The first kappa shape index (κ1) is 12.2. The second-order valence-electron chi connectivity index (χ2n) is 4.47. The van der Waals surface area contributed by atoms with Gasteiger partial charge in [-0.3, -0.25) is 19.4 Å². The summed E-state index contributed by atoms with van der Waals surface area (Å²) >= 11 is 0. The van der Waals surface area contributed by atoms with Crippen LogP contribution in [0, 0.1) is 0 Å². The summed E-state index contributed by atoms with van der Waals surface area (Å²) in [5.41, 5.74) is 1.63. The van der Waals surface area contributed by atoms with E-state index in [0.717, 1.165) is 4.90 Å². The summed E-state index contributed by atoms with van der Waals surface area (Å²) in [5, 5.41) is 0. The molecule has 5 heteroatoms. The topological polar surface area (TPSA) is 67.3 Å². The average molecular weight is 266 g/mol. The van der Waals surface area contributed by atoms with Crippen LogP contribution in [0.1, 0.15) is 38.0 Å². The van der Waals surface area contributed by atoms with Crippen molar-refractivity contribution in [3.63, 3.8) is 0 Å². The van der Waals surface area contributed by atoms with Crippen LogP contribution in [0.2, 0.25) is 0 Å². The lowest BCUT2D eigenvalue weighted by Gasteiger charge is -2.13. The molecule has 0 N–H and O–H groups in total. The molecule has 0 fully saturated rings. The molecule has 1 aromatic heterocycles. The minimum absolute atomic E-state index is 0.0666. The van der Waals surface area contributed by atoms with Gasteiger partial charge in [0.25, 0.3) is 11.8 Å². The van der Waals surface area contributed by atoms with Crippen molar-refractivity contribution < 1.29 is 14.4 Å². The quantitative estimate of drug-likeness (QED) is 0.616. The van der Waals surface area contributed by atoms with Crippen LogP contribution in [-0.4, -0.2) is 22.6 Å². The normalized spacial score (nSPS) is 13.6. The number of imide groups is 1. The van der Waals surface area contributed by atoms with Gasteiger partial charge in [0.2, 0.25) is 0 Å². The highest BCUT2D eigenvalue weighted by atomic mass is 16.2. The number of ketones is 1. The van der Waals surface area contributed by atoms with Crippen molar-refractivity contribution in [2.45, 2.75) is 6.92 Å². The third-order valence-electron chi connectivity index (χ3n) is 3.22. The summed E-state index contributed by atoms with van der Waals surface area (Å²) in [5.74, 6) is -0.834. The van der Waals surface area contributed by atoms with Crippen molar-refractivity contribution in [1.82, 2.24) is 4.98 Å². The molecule has 0 saturated heterocycles. The van der Waals surface area contributed by atoms with Gasteiger partial charge in [-0.25, -0.2) is 4.90 Å². The van der Waals surface area contributed by atoms with E-state index in [4.69, 9.17) is 0 Å². The van der Waals surface area contributed by atoms with Crippen LogP contribution in [0.3, 0.4) is 0 Å². The molecule has 1 aliphatic rings. The zero-order valence-electron chi connectivity index (χ0n) is 10.7. The molecular formula is C15H10N2O3. The molecule has 0 atom stereocenters. The second-order valence-corrected chi connectivity index (χ2v) is 4.47. The van der Waals surface area contributed by atoms with Gasteiger partial charge in [-0.05, 0) is 37.3 Å². The second kappa shape index (κ2) is 4.38. The summed E-state index contributed by atoms with van der Waals surface area (Å²) in [4.78, 5) is 40.6. The Morgan fingerprint density at radius 1 is 1.00 bits per heavy atom. The number of rotatable bonds is 2. The number of fused-ring (bicyclic) bond motifs is 1. The highest BCUT2D eigenvalue weighted by Crippen LogP contribution is 2.27. The molecule has 20 heavy (non-hydrogen) atoms. The first-order valence-corrected chi connectivity index (χ1v) is 6.03. The highest BCUT2D eigenvalue weighted by Gasteiger charge is 2.36. The SMILES string of the molecule is CC(=O)c1ccc(N2C(=O)c3ccncc3C2=O)cc1. The first-order valence-electron chi connectivity index (χ1n) is 6.03. The molecule has 0 aliphatic carbocycles. The zero-order chi connectivity index (χ0) is 14.3. The minimum atomic E-state index is -0.395. The van der Waals surface area contributed by atoms with Crippen LogP contribution >= 0.6 is 0 Å². The van der Waals surface area contributed by atoms with E-state index in [1.54, 1.807) is 24.3 Å². The number of aromatic nitrogens is 1. The number of carbonyl (C=O) groups excluding carboxylic acids is 3. The van der Waals surface area contributed by atoms with Crippen molar-refractivity contribution in [2.24, 2.45) is 0 Å². The van der Waals surface area contributed by atoms with Crippen molar-refractivity contribution in [3.05, 3.63) is 59.4 Å². The molecule has 0 saturated carbocycles. The Morgan fingerprint density at radius 2 is 1.65 bits per heavy atom. The number of Topliss-reactive ketones (excluding diaryl/α,β-unsaturated/α-hetero) is 1. The van der Waals surface area contributed by atoms with Crippen LogP contribution < -0.4 is 4.90 Å². The minimum Gasteiger partial charge on any atom is -0.295 e. The smallest absolute Gasteiger partial charge is 0.267 e. The number of hydrogen-bond donors (Lipinski definition) is 0. The predicted molar refractivity (Wildman–Crippen MR) is 71.8 cm³/mol. The first-order chi connectivity index (χ1) is 9.59. The van der Waals surface area contributed by atoms with E-state index >= 15 is 0 Å². The lowest BCUT2D eigenvalue weighted by Crippen LogP contribution is -2.29. The maximum atomic E-state index is 12.2. The number of pyridine rings is 1. The maximum Gasteiger partial charge on any atom is 0.267 e. The van der Waals surface area contributed by atoms with Gasteiger partial charge in [-0.15, -0.1) is 0 Å². The lowest BCUT2D eigenvalue weighted by atomic mass is 10.1. The van der Waals surface area contributed by atoms with E-state index in [0.29, 0.717) is 22.4 Å². The van der Waals surface area contributed by atoms with Crippen molar-refractivity contribution in [1.29, 1.82) is 0 Å². The number of amides is 2. The molecule has 1 aliphatic heterocycles. The van der Waals surface area contributed by atoms with E-state index < -0.39 is 5.91 Å². The largest absolute Gasteiger partial charge is 0.295 e. The fraction of sp³-hybridized carbons (Fsp3) is 0.0667. The Kier molecular flexibility index (Phi) is 2.68.